The molecule has 194 valence electrons. The second-order valence-electron chi connectivity index (χ2n) is 11.8. The molecule has 3 aliphatic rings. The number of nitrogens with zero attached hydrogens (tertiary/aromatic N) is 1. The van der Waals surface area contributed by atoms with Gasteiger partial charge in [-0.2, -0.15) is 0 Å². The first kappa shape index (κ1) is 25.4. The maximum absolute atomic E-state index is 13.2. The van der Waals surface area contributed by atoms with Gasteiger partial charge >= 0.3 is 0 Å². The number of carbonyl (C=O) groups excluding carboxylic acids is 1. The van der Waals surface area contributed by atoms with Crippen molar-refractivity contribution in [2.45, 2.75) is 82.9 Å². The number of likely N-dealkylation sites (tertiary alicyclic amines) is 1. The fourth-order valence-electron chi connectivity index (χ4n) is 6.22. The third-order valence-corrected chi connectivity index (χ3v) is 8.82. The Morgan fingerprint density at radius 2 is 1.58 bits per heavy atom. The molecule has 2 aromatic rings. The third kappa shape index (κ3) is 4.84. The van der Waals surface area contributed by atoms with Crippen molar-refractivity contribution in [3.63, 3.8) is 0 Å². The van der Waals surface area contributed by atoms with Crippen LogP contribution in [0.5, 0.6) is 0 Å². The number of carbonyl (C=O) groups is 1. The van der Waals surface area contributed by atoms with Crippen molar-refractivity contribution in [2.24, 2.45) is 5.41 Å². The van der Waals surface area contributed by atoms with E-state index in [1.807, 2.05) is 67.3 Å². The Kier molecular flexibility index (Phi) is 6.75. The molecule has 6 nitrogen and oxygen atoms in total. The van der Waals surface area contributed by atoms with Crippen LogP contribution in [-0.4, -0.2) is 64.1 Å². The van der Waals surface area contributed by atoms with Crippen molar-refractivity contribution >= 4 is 5.91 Å². The number of piperidine rings is 1. The molecule has 3 saturated heterocycles. The van der Waals surface area contributed by atoms with Gasteiger partial charge in [-0.05, 0) is 87.1 Å². The van der Waals surface area contributed by atoms with Gasteiger partial charge < -0.3 is 24.6 Å². The molecule has 0 aliphatic carbocycles. The van der Waals surface area contributed by atoms with Crippen LogP contribution in [0.2, 0.25) is 0 Å². The van der Waals surface area contributed by atoms with E-state index in [9.17, 15) is 15.0 Å². The van der Waals surface area contributed by atoms with Gasteiger partial charge in [0.15, 0.2) is 0 Å². The predicted octanol–water partition coefficient (Wildman–Crippen LogP) is 4.57. The molecule has 0 radical (unpaired) electrons. The molecule has 3 atom stereocenters. The van der Waals surface area contributed by atoms with Crippen molar-refractivity contribution in [3.05, 3.63) is 59.7 Å². The lowest BCUT2D eigenvalue weighted by molar-refractivity contribution is -0.245. The van der Waals surface area contributed by atoms with Crippen LogP contribution in [0.3, 0.4) is 0 Å². The Balaban J connectivity index is 1.18. The van der Waals surface area contributed by atoms with Gasteiger partial charge in [0.25, 0.3) is 5.91 Å². The molecule has 1 spiro atoms. The van der Waals surface area contributed by atoms with E-state index in [1.165, 1.54) is 0 Å². The van der Waals surface area contributed by atoms with Crippen LogP contribution in [0.1, 0.15) is 68.8 Å². The summed E-state index contributed by atoms with van der Waals surface area (Å²) in [5.41, 5.74) is 2.85. The SMILES string of the molecule is CC1(C)O[C@@](C)([C@H]2CC3(CCN(C(=O)c4ccc(-c5ccc(CO)cc5)cc4)CC3)CO2)CC[C@@H]1O. The molecule has 1 amide bonds. The fraction of sp³-hybridized carbons (Fsp3) is 0.567. The average molecular weight is 494 g/mol. The molecule has 0 aromatic heterocycles. The highest BCUT2D eigenvalue weighted by Gasteiger charge is 2.53. The van der Waals surface area contributed by atoms with Crippen molar-refractivity contribution in [2.75, 3.05) is 19.7 Å². The second-order valence-corrected chi connectivity index (χ2v) is 11.8. The minimum Gasteiger partial charge on any atom is -0.392 e. The molecule has 0 bridgehead atoms. The Morgan fingerprint density at radius 1 is 0.972 bits per heavy atom. The largest absolute Gasteiger partial charge is 0.392 e. The summed E-state index contributed by atoms with van der Waals surface area (Å²) in [4.78, 5) is 15.2. The van der Waals surface area contributed by atoms with Gasteiger partial charge in [0.05, 0.1) is 36.6 Å². The molecule has 5 rings (SSSR count). The van der Waals surface area contributed by atoms with Crippen molar-refractivity contribution < 1.29 is 24.5 Å². The normalized spacial score (nSPS) is 29.4. The predicted molar refractivity (Wildman–Crippen MR) is 139 cm³/mol. The number of ether oxygens (including phenoxy) is 2. The molecular weight excluding hydrogens is 454 g/mol. The number of aliphatic hydroxyl groups excluding tert-OH is 2. The highest BCUT2D eigenvalue weighted by Crippen LogP contribution is 2.49. The van der Waals surface area contributed by atoms with E-state index in [2.05, 4.69) is 6.92 Å². The molecular formula is C30H39NO5. The van der Waals surface area contributed by atoms with E-state index in [4.69, 9.17) is 9.47 Å². The minimum absolute atomic E-state index is 0.0190. The maximum atomic E-state index is 13.2. The van der Waals surface area contributed by atoms with Gasteiger partial charge in [0.2, 0.25) is 0 Å². The lowest BCUT2D eigenvalue weighted by atomic mass is 9.73. The summed E-state index contributed by atoms with van der Waals surface area (Å²) in [6.07, 6.45) is 3.91. The van der Waals surface area contributed by atoms with Crippen LogP contribution in [-0.2, 0) is 16.1 Å². The summed E-state index contributed by atoms with van der Waals surface area (Å²) >= 11 is 0. The monoisotopic (exact) mass is 493 g/mol. The lowest BCUT2D eigenvalue weighted by Crippen LogP contribution is -2.56. The summed E-state index contributed by atoms with van der Waals surface area (Å²) in [5.74, 6) is 0.0841. The zero-order valence-electron chi connectivity index (χ0n) is 21.7. The maximum Gasteiger partial charge on any atom is 0.253 e. The number of aliphatic hydroxyl groups is 2. The van der Waals surface area contributed by atoms with E-state index in [-0.39, 0.29) is 29.6 Å². The summed E-state index contributed by atoms with van der Waals surface area (Å²) in [5, 5.41) is 19.5. The van der Waals surface area contributed by atoms with E-state index in [1.54, 1.807) is 0 Å². The fourth-order valence-corrected chi connectivity index (χ4v) is 6.22. The quantitative estimate of drug-likeness (QED) is 0.653. The van der Waals surface area contributed by atoms with Gasteiger partial charge in [0, 0.05) is 18.7 Å². The van der Waals surface area contributed by atoms with Gasteiger partial charge in [0.1, 0.15) is 0 Å². The van der Waals surface area contributed by atoms with Crippen LogP contribution in [0, 0.1) is 5.41 Å². The van der Waals surface area contributed by atoms with Gasteiger partial charge in [-0.1, -0.05) is 36.4 Å². The van der Waals surface area contributed by atoms with Gasteiger partial charge in [-0.3, -0.25) is 4.79 Å². The highest BCUT2D eigenvalue weighted by atomic mass is 16.6. The topological polar surface area (TPSA) is 79.2 Å². The number of rotatable bonds is 4. The summed E-state index contributed by atoms with van der Waals surface area (Å²) in [6.45, 7) is 8.28. The second kappa shape index (κ2) is 9.56. The molecule has 3 fully saturated rings. The van der Waals surface area contributed by atoms with Crippen molar-refractivity contribution in [1.29, 1.82) is 0 Å². The third-order valence-electron chi connectivity index (χ3n) is 8.82. The molecule has 2 N–H and O–H groups in total. The zero-order valence-corrected chi connectivity index (χ0v) is 21.7. The van der Waals surface area contributed by atoms with Crippen molar-refractivity contribution in [1.82, 2.24) is 4.90 Å². The molecule has 6 heteroatoms. The summed E-state index contributed by atoms with van der Waals surface area (Å²) < 4.78 is 12.8. The van der Waals surface area contributed by atoms with E-state index >= 15 is 0 Å². The van der Waals surface area contributed by atoms with Crippen LogP contribution >= 0.6 is 0 Å². The number of amides is 1. The first-order chi connectivity index (χ1) is 17.1. The molecule has 3 aliphatic heterocycles. The Hall–Kier alpha value is -2.25. The summed E-state index contributed by atoms with van der Waals surface area (Å²) in [7, 11) is 0. The minimum atomic E-state index is -0.569. The standard InChI is InChI=1S/C30H39NO5/c1-28(2)25(33)12-13-29(3,36-28)26-18-30(20-35-26)14-16-31(17-15-30)27(34)24-10-8-23(9-11-24)22-6-4-21(19-32)5-7-22/h4-11,25-26,32-33H,12-20H2,1-3H3/t25-,26+,29+/m0/s1. The lowest BCUT2D eigenvalue weighted by Gasteiger charge is -2.48. The molecule has 36 heavy (non-hydrogen) atoms. The average Bonchev–Trinajstić information content (AvgIpc) is 3.31. The van der Waals surface area contributed by atoms with Gasteiger partial charge in [-0.15, -0.1) is 0 Å². The molecule has 3 heterocycles. The zero-order chi connectivity index (χ0) is 25.6. The smallest absolute Gasteiger partial charge is 0.253 e. The highest BCUT2D eigenvalue weighted by molar-refractivity contribution is 5.94. The number of hydrogen-bond acceptors (Lipinski definition) is 5. The van der Waals surface area contributed by atoms with E-state index in [0.717, 1.165) is 61.9 Å². The van der Waals surface area contributed by atoms with E-state index < -0.39 is 11.7 Å². The first-order valence-electron chi connectivity index (χ1n) is 13.2. The van der Waals surface area contributed by atoms with Crippen LogP contribution in [0.4, 0.5) is 0 Å². The molecule has 2 aromatic carbocycles. The van der Waals surface area contributed by atoms with Gasteiger partial charge in [-0.25, -0.2) is 0 Å². The molecule has 0 unspecified atom stereocenters. The van der Waals surface area contributed by atoms with Crippen LogP contribution in [0.15, 0.2) is 48.5 Å². The first-order valence-corrected chi connectivity index (χ1v) is 13.2. The number of hydrogen-bond donors (Lipinski definition) is 2. The summed E-state index contributed by atoms with van der Waals surface area (Å²) in [6, 6.07) is 15.6. The van der Waals surface area contributed by atoms with Crippen LogP contribution in [0.25, 0.3) is 11.1 Å². The Bertz CT molecular complexity index is 1070. The Morgan fingerprint density at radius 3 is 2.17 bits per heavy atom. The van der Waals surface area contributed by atoms with Crippen LogP contribution < -0.4 is 0 Å². The van der Waals surface area contributed by atoms with E-state index in [0.29, 0.717) is 12.2 Å². The number of benzene rings is 2. The molecule has 0 saturated carbocycles. The Labute approximate surface area is 214 Å². The van der Waals surface area contributed by atoms with Crippen molar-refractivity contribution in [3.8, 4) is 11.1 Å².